The van der Waals surface area contributed by atoms with E-state index in [0.717, 1.165) is 0 Å². The molecule has 2 rings (SSSR count). The molecule has 0 atom stereocenters. The van der Waals surface area contributed by atoms with Crippen molar-refractivity contribution in [2.24, 2.45) is 5.84 Å². The van der Waals surface area contributed by atoms with Crippen LogP contribution >= 0.6 is 0 Å². The number of nitrogens with one attached hydrogen (secondary N) is 1. The highest BCUT2D eigenvalue weighted by Crippen LogP contribution is 2.27. The Morgan fingerprint density at radius 3 is 2.62 bits per heavy atom. The molecular weight excluding hydrogens is 276 g/mol. The lowest BCUT2D eigenvalue weighted by Crippen LogP contribution is -2.45. The summed E-state index contributed by atoms with van der Waals surface area (Å²) in [6, 6.07) is 4.12. The van der Waals surface area contributed by atoms with Crippen molar-refractivity contribution < 1.29 is 14.8 Å². The van der Waals surface area contributed by atoms with Gasteiger partial charge in [0.2, 0.25) is 0 Å². The van der Waals surface area contributed by atoms with Gasteiger partial charge in [-0.05, 0) is 31.9 Å². The number of carbonyl (C=O) groups excluding carboxylic acids is 1. The number of piperidine rings is 1. The van der Waals surface area contributed by atoms with Crippen LogP contribution in [-0.2, 0) is 0 Å². The number of carbonyl (C=O) groups is 1. The number of benzene rings is 1. The van der Waals surface area contributed by atoms with Crippen molar-refractivity contribution in [2.75, 3.05) is 18.5 Å². The predicted octanol–water partition coefficient (Wildman–Crippen LogP) is 0.867. The SMILES string of the molecule is CC1(O)CCN(C(=O)c2ccc(NN)c([N+](=O)[O-])c2)CC1. The number of hydrogen-bond acceptors (Lipinski definition) is 6. The number of hydrogen-bond donors (Lipinski definition) is 3. The van der Waals surface area contributed by atoms with Crippen molar-refractivity contribution in [1.29, 1.82) is 0 Å². The number of hydrazine groups is 1. The Morgan fingerprint density at radius 1 is 1.48 bits per heavy atom. The van der Waals surface area contributed by atoms with Gasteiger partial charge in [0.25, 0.3) is 11.6 Å². The van der Waals surface area contributed by atoms with Crippen LogP contribution in [-0.4, -0.2) is 39.5 Å². The van der Waals surface area contributed by atoms with E-state index in [4.69, 9.17) is 5.84 Å². The van der Waals surface area contributed by atoms with Crippen LogP contribution in [0.15, 0.2) is 18.2 Å². The molecule has 0 aromatic heterocycles. The third-order valence-electron chi connectivity index (χ3n) is 3.72. The second-order valence-electron chi connectivity index (χ2n) is 5.42. The molecule has 8 heteroatoms. The van der Waals surface area contributed by atoms with Gasteiger partial charge in [-0.15, -0.1) is 0 Å². The van der Waals surface area contributed by atoms with E-state index in [-0.39, 0.29) is 22.8 Å². The molecule has 0 radical (unpaired) electrons. The number of anilines is 1. The summed E-state index contributed by atoms with van der Waals surface area (Å²) < 4.78 is 0. The molecule has 1 fully saturated rings. The minimum absolute atomic E-state index is 0.151. The van der Waals surface area contributed by atoms with E-state index in [1.54, 1.807) is 11.8 Å². The Balaban J connectivity index is 2.20. The van der Waals surface area contributed by atoms with E-state index >= 15 is 0 Å². The van der Waals surface area contributed by atoms with Gasteiger partial charge in [0.05, 0.1) is 10.5 Å². The molecule has 21 heavy (non-hydrogen) atoms. The first-order valence-corrected chi connectivity index (χ1v) is 6.61. The smallest absolute Gasteiger partial charge is 0.294 e. The van der Waals surface area contributed by atoms with Gasteiger partial charge in [-0.3, -0.25) is 20.8 Å². The van der Waals surface area contributed by atoms with Crippen molar-refractivity contribution in [3.63, 3.8) is 0 Å². The number of rotatable bonds is 3. The highest BCUT2D eigenvalue weighted by molar-refractivity contribution is 5.95. The fourth-order valence-electron chi connectivity index (χ4n) is 2.31. The first-order chi connectivity index (χ1) is 9.84. The molecule has 0 bridgehead atoms. The average Bonchev–Trinajstić information content (AvgIpc) is 2.45. The van der Waals surface area contributed by atoms with Crippen molar-refractivity contribution in [2.45, 2.75) is 25.4 Å². The fourth-order valence-corrected chi connectivity index (χ4v) is 2.31. The maximum Gasteiger partial charge on any atom is 0.294 e. The average molecular weight is 294 g/mol. The second kappa shape index (κ2) is 5.66. The van der Waals surface area contributed by atoms with Crippen LogP contribution in [0.5, 0.6) is 0 Å². The number of nitrogen functional groups attached to an aromatic ring is 1. The van der Waals surface area contributed by atoms with E-state index in [1.807, 2.05) is 0 Å². The normalized spacial score (nSPS) is 17.4. The van der Waals surface area contributed by atoms with Gasteiger partial charge >= 0.3 is 0 Å². The zero-order chi connectivity index (χ0) is 15.6. The van der Waals surface area contributed by atoms with E-state index in [1.165, 1.54) is 18.2 Å². The van der Waals surface area contributed by atoms with Gasteiger partial charge in [-0.2, -0.15) is 0 Å². The van der Waals surface area contributed by atoms with Crippen molar-refractivity contribution in [3.05, 3.63) is 33.9 Å². The van der Waals surface area contributed by atoms with Crippen LogP contribution in [0.3, 0.4) is 0 Å². The molecule has 0 unspecified atom stereocenters. The monoisotopic (exact) mass is 294 g/mol. The van der Waals surface area contributed by atoms with Crippen LogP contribution in [0, 0.1) is 10.1 Å². The summed E-state index contributed by atoms with van der Waals surface area (Å²) in [7, 11) is 0. The molecule has 1 aliphatic heterocycles. The quantitative estimate of drug-likeness (QED) is 0.432. The van der Waals surface area contributed by atoms with Gasteiger partial charge < -0.3 is 15.4 Å². The molecular formula is C13H18N4O4. The lowest BCUT2D eigenvalue weighted by Gasteiger charge is -2.35. The number of aliphatic hydroxyl groups is 1. The molecule has 0 saturated carbocycles. The molecule has 1 heterocycles. The van der Waals surface area contributed by atoms with E-state index in [2.05, 4.69) is 5.43 Å². The summed E-state index contributed by atoms with van der Waals surface area (Å²) >= 11 is 0. The molecule has 4 N–H and O–H groups in total. The zero-order valence-corrected chi connectivity index (χ0v) is 11.7. The Kier molecular flexibility index (Phi) is 4.10. The highest BCUT2D eigenvalue weighted by atomic mass is 16.6. The third-order valence-corrected chi connectivity index (χ3v) is 3.72. The van der Waals surface area contributed by atoms with Gasteiger partial charge in [0.15, 0.2) is 0 Å². The third kappa shape index (κ3) is 3.29. The van der Waals surface area contributed by atoms with E-state index < -0.39 is 10.5 Å². The van der Waals surface area contributed by atoms with E-state index in [9.17, 15) is 20.0 Å². The Labute approximate surface area is 121 Å². The molecule has 0 aliphatic carbocycles. The number of nitro groups is 1. The number of nitrogens with zero attached hydrogens (tertiary/aromatic N) is 2. The highest BCUT2D eigenvalue weighted by Gasteiger charge is 2.30. The summed E-state index contributed by atoms with van der Waals surface area (Å²) in [5, 5.41) is 20.8. The summed E-state index contributed by atoms with van der Waals surface area (Å²) in [6.45, 7) is 2.59. The summed E-state index contributed by atoms with van der Waals surface area (Å²) in [6.07, 6.45) is 0.979. The maximum atomic E-state index is 12.4. The van der Waals surface area contributed by atoms with Crippen LogP contribution < -0.4 is 11.3 Å². The summed E-state index contributed by atoms with van der Waals surface area (Å²) in [5.74, 6) is 4.93. The molecule has 1 aliphatic rings. The van der Waals surface area contributed by atoms with Gasteiger partial charge in [-0.1, -0.05) is 0 Å². The van der Waals surface area contributed by atoms with Gasteiger partial charge in [0.1, 0.15) is 5.69 Å². The lowest BCUT2D eigenvalue weighted by atomic mass is 9.93. The lowest BCUT2D eigenvalue weighted by molar-refractivity contribution is -0.384. The molecule has 0 spiro atoms. The first-order valence-electron chi connectivity index (χ1n) is 6.61. The molecule has 1 aromatic carbocycles. The van der Waals surface area contributed by atoms with Crippen molar-refractivity contribution in [3.8, 4) is 0 Å². The van der Waals surface area contributed by atoms with Crippen LogP contribution in [0.25, 0.3) is 0 Å². The Bertz CT molecular complexity index is 563. The fraction of sp³-hybridized carbons (Fsp3) is 0.462. The molecule has 1 saturated heterocycles. The number of nitro benzene ring substituents is 1. The van der Waals surface area contributed by atoms with E-state index in [0.29, 0.717) is 25.9 Å². The van der Waals surface area contributed by atoms with Gasteiger partial charge in [0, 0.05) is 24.7 Å². The molecule has 1 amide bonds. The predicted molar refractivity (Wildman–Crippen MR) is 76.7 cm³/mol. The number of amides is 1. The van der Waals surface area contributed by atoms with Crippen molar-refractivity contribution >= 4 is 17.3 Å². The Hall–Kier alpha value is -2.19. The standard InChI is InChI=1S/C13H18N4O4/c1-13(19)4-6-16(7-5-13)12(18)9-2-3-10(15-14)11(8-9)17(20)21/h2-3,8,15,19H,4-7,14H2,1H3. The summed E-state index contributed by atoms with van der Waals surface area (Å²) in [4.78, 5) is 24.3. The zero-order valence-electron chi connectivity index (χ0n) is 11.7. The van der Waals surface area contributed by atoms with Crippen LogP contribution in [0.4, 0.5) is 11.4 Å². The van der Waals surface area contributed by atoms with Crippen LogP contribution in [0.2, 0.25) is 0 Å². The number of likely N-dealkylation sites (tertiary alicyclic amines) is 1. The Morgan fingerprint density at radius 2 is 2.10 bits per heavy atom. The second-order valence-corrected chi connectivity index (χ2v) is 5.42. The molecule has 114 valence electrons. The topological polar surface area (TPSA) is 122 Å². The molecule has 8 nitrogen and oxygen atoms in total. The van der Waals surface area contributed by atoms with Gasteiger partial charge in [-0.25, -0.2) is 0 Å². The first kappa shape index (κ1) is 15.2. The molecule has 1 aromatic rings. The number of nitrogens with two attached hydrogens (primary N) is 1. The van der Waals surface area contributed by atoms with Crippen molar-refractivity contribution in [1.82, 2.24) is 4.90 Å². The maximum absolute atomic E-state index is 12.4. The minimum Gasteiger partial charge on any atom is -0.390 e. The largest absolute Gasteiger partial charge is 0.390 e. The summed E-state index contributed by atoms with van der Waals surface area (Å²) in [5.41, 5.74) is 1.63. The van der Waals surface area contributed by atoms with Crippen LogP contribution in [0.1, 0.15) is 30.1 Å². The minimum atomic E-state index is -0.754.